The fraction of sp³-hybridized carbons (Fsp3) is 0.571. The Morgan fingerprint density at radius 3 is 3.10 bits per heavy atom. The van der Waals surface area contributed by atoms with Crippen LogP contribution in [0.2, 0.25) is 0 Å². The van der Waals surface area contributed by atoms with Gasteiger partial charge < -0.3 is 10.4 Å². The molecule has 0 aromatic carbocycles. The van der Waals surface area contributed by atoms with Crippen LogP contribution in [-0.2, 0) is 6.42 Å². The van der Waals surface area contributed by atoms with Crippen LogP contribution in [0.15, 0.2) is 12.5 Å². The molecule has 21 heavy (non-hydrogen) atoms. The molecule has 1 saturated carbocycles. The maximum atomic E-state index is 12.5. The molecule has 1 aliphatic rings. The summed E-state index contributed by atoms with van der Waals surface area (Å²) in [6.45, 7) is 2.09. The summed E-state index contributed by atoms with van der Waals surface area (Å²) in [6, 6.07) is 0.0404. The zero-order valence-electron chi connectivity index (χ0n) is 12.0. The first kappa shape index (κ1) is 13.9. The lowest BCUT2D eigenvalue weighted by Crippen LogP contribution is -2.39. The highest BCUT2D eigenvalue weighted by molar-refractivity contribution is 5.95. The Morgan fingerprint density at radius 2 is 2.33 bits per heavy atom. The first-order valence-corrected chi connectivity index (χ1v) is 7.34. The number of carbonyl (C=O) groups is 1. The van der Waals surface area contributed by atoms with Crippen LogP contribution in [0.5, 0.6) is 0 Å². The standard InChI is InChI=1S/C14H19N5O2/c1-2-12-10(6-15-14-16-8-17-19(12)14)13(21)18-11-5-3-4-9(11)7-20/h6,8-9,11,20H,2-5,7H2,1H3,(H,18,21). The van der Waals surface area contributed by atoms with Crippen molar-refractivity contribution >= 4 is 11.7 Å². The zero-order chi connectivity index (χ0) is 14.8. The molecule has 2 aromatic rings. The molecule has 3 rings (SSSR count). The molecule has 1 amide bonds. The van der Waals surface area contributed by atoms with E-state index in [0.717, 1.165) is 25.0 Å². The maximum absolute atomic E-state index is 12.5. The number of hydrogen-bond acceptors (Lipinski definition) is 5. The molecule has 0 spiro atoms. The number of hydrogen-bond donors (Lipinski definition) is 2. The normalized spacial score (nSPS) is 21.8. The van der Waals surface area contributed by atoms with Crippen molar-refractivity contribution in [2.45, 2.75) is 38.6 Å². The summed E-state index contributed by atoms with van der Waals surface area (Å²) < 4.78 is 1.60. The first-order chi connectivity index (χ1) is 10.2. The van der Waals surface area contributed by atoms with E-state index in [9.17, 15) is 9.90 Å². The minimum Gasteiger partial charge on any atom is -0.396 e. The molecule has 2 heterocycles. The predicted octanol–water partition coefficient (Wildman–Crippen LogP) is 0.577. The Hall–Kier alpha value is -2.02. The third-order valence-electron chi connectivity index (χ3n) is 4.20. The van der Waals surface area contributed by atoms with E-state index in [4.69, 9.17) is 0 Å². The lowest BCUT2D eigenvalue weighted by Gasteiger charge is -2.19. The van der Waals surface area contributed by atoms with Gasteiger partial charge in [0.15, 0.2) is 0 Å². The molecule has 0 bridgehead atoms. The second kappa shape index (κ2) is 5.77. The highest BCUT2D eigenvalue weighted by Crippen LogP contribution is 2.25. The van der Waals surface area contributed by atoms with Gasteiger partial charge in [0.1, 0.15) is 6.33 Å². The molecule has 2 N–H and O–H groups in total. The van der Waals surface area contributed by atoms with Gasteiger partial charge in [-0.2, -0.15) is 10.1 Å². The molecule has 2 atom stereocenters. The van der Waals surface area contributed by atoms with Gasteiger partial charge in [0, 0.05) is 24.8 Å². The highest BCUT2D eigenvalue weighted by atomic mass is 16.3. The Balaban J connectivity index is 1.87. The van der Waals surface area contributed by atoms with E-state index < -0.39 is 0 Å². The van der Waals surface area contributed by atoms with E-state index in [2.05, 4.69) is 20.4 Å². The minimum atomic E-state index is -0.151. The summed E-state index contributed by atoms with van der Waals surface area (Å²) in [5.74, 6) is 0.502. The van der Waals surface area contributed by atoms with Gasteiger partial charge >= 0.3 is 0 Å². The lowest BCUT2D eigenvalue weighted by atomic mass is 10.0. The number of amides is 1. The maximum Gasteiger partial charge on any atom is 0.254 e. The molecule has 1 fully saturated rings. The van der Waals surface area contributed by atoms with Crippen molar-refractivity contribution in [1.29, 1.82) is 0 Å². The monoisotopic (exact) mass is 289 g/mol. The largest absolute Gasteiger partial charge is 0.396 e. The summed E-state index contributed by atoms with van der Waals surface area (Å²) >= 11 is 0. The average Bonchev–Trinajstić information content (AvgIpc) is 3.14. The van der Waals surface area contributed by atoms with E-state index in [0.29, 0.717) is 17.8 Å². The number of aliphatic hydroxyl groups excluding tert-OH is 1. The second-order valence-electron chi connectivity index (χ2n) is 5.40. The molecule has 2 unspecified atom stereocenters. The van der Waals surface area contributed by atoms with Crippen LogP contribution >= 0.6 is 0 Å². The van der Waals surface area contributed by atoms with Crippen molar-refractivity contribution in [3.05, 3.63) is 23.8 Å². The van der Waals surface area contributed by atoms with Crippen LogP contribution in [0.3, 0.4) is 0 Å². The Bertz CT molecular complexity index is 654. The molecule has 0 aliphatic heterocycles. The molecular weight excluding hydrogens is 270 g/mol. The summed E-state index contributed by atoms with van der Waals surface area (Å²) in [5.41, 5.74) is 1.33. The molecular formula is C14H19N5O2. The van der Waals surface area contributed by atoms with Gasteiger partial charge in [-0.3, -0.25) is 4.79 Å². The molecule has 7 heteroatoms. The number of carbonyl (C=O) groups excluding carboxylic acids is 1. The first-order valence-electron chi connectivity index (χ1n) is 7.34. The smallest absolute Gasteiger partial charge is 0.254 e. The molecule has 2 aromatic heterocycles. The number of aliphatic hydroxyl groups is 1. The van der Waals surface area contributed by atoms with Gasteiger partial charge in [-0.25, -0.2) is 9.50 Å². The van der Waals surface area contributed by atoms with E-state index >= 15 is 0 Å². The topological polar surface area (TPSA) is 92.4 Å². The van der Waals surface area contributed by atoms with E-state index in [1.807, 2.05) is 6.92 Å². The molecule has 112 valence electrons. The molecule has 7 nitrogen and oxygen atoms in total. The van der Waals surface area contributed by atoms with E-state index in [-0.39, 0.29) is 24.5 Å². The molecule has 0 radical (unpaired) electrons. The summed E-state index contributed by atoms with van der Waals surface area (Å²) in [4.78, 5) is 20.7. The fourth-order valence-electron chi connectivity index (χ4n) is 3.05. The van der Waals surface area contributed by atoms with Gasteiger partial charge in [-0.1, -0.05) is 13.3 Å². The Kier molecular flexibility index (Phi) is 3.83. The van der Waals surface area contributed by atoms with Gasteiger partial charge in [-0.05, 0) is 19.3 Å². The Morgan fingerprint density at radius 1 is 1.48 bits per heavy atom. The minimum absolute atomic E-state index is 0.0404. The van der Waals surface area contributed by atoms with Crippen molar-refractivity contribution in [1.82, 2.24) is 24.9 Å². The SMILES string of the molecule is CCc1c(C(=O)NC2CCCC2CO)cnc2ncnn12. The predicted molar refractivity (Wildman–Crippen MR) is 75.8 cm³/mol. The summed E-state index contributed by atoms with van der Waals surface area (Å²) in [6.07, 6.45) is 6.57. The number of aryl methyl sites for hydroxylation is 1. The van der Waals surface area contributed by atoms with Crippen LogP contribution in [0, 0.1) is 5.92 Å². The average molecular weight is 289 g/mol. The molecule has 1 aliphatic carbocycles. The van der Waals surface area contributed by atoms with Gasteiger partial charge in [0.25, 0.3) is 11.7 Å². The van der Waals surface area contributed by atoms with Gasteiger partial charge in [0.05, 0.1) is 11.3 Å². The third-order valence-corrected chi connectivity index (χ3v) is 4.20. The van der Waals surface area contributed by atoms with Crippen LogP contribution in [0.1, 0.15) is 42.2 Å². The quantitative estimate of drug-likeness (QED) is 0.859. The Labute approximate surface area is 122 Å². The number of fused-ring (bicyclic) bond motifs is 1. The van der Waals surface area contributed by atoms with Gasteiger partial charge in [0.2, 0.25) is 0 Å². The van der Waals surface area contributed by atoms with Crippen LogP contribution in [0.4, 0.5) is 0 Å². The highest BCUT2D eigenvalue weighted by Gasteiger charge is 2.29. The number of aromatic nitrogens is 4. The number of nitrogens with zero attached hydrogens (tertiary/aromatic N) is 4. The van der Waals surface area contributed by atoms with Crippen LogP contribution < -0.4 is 5.32 Å². The van der Waals surface area contributed by atoms with Crippen molar-refractivity contribution < 1.29 is 9.90 Å². The zero-order valence-corrected chi connectivity index (χ0v) is 12.0. The number of rotatable bonds is 4. The van der Waals surface area contributed by atoms with Crippen molar-refractivity contribution in [2.75, 3.05) is 6.61 Å². The third kappa shape index (κ3) is 2.49. The summed E-state index contributed by atoms with van der Waals surface area (Å²) in [5, 5.41) is 16.5. The van der Waals surface area contributed by atoms with Crippen LogP contribution in [-0.4, -0.2) is 43.2 Å². The van der Waals surface area contributed by atoms with E-state index in [1.165, 1.54) is 6.33 Å². The van der Waals surface area contributed by atoms with Crippen molar-refractivity contribution in [2.24, 2.45) is 5.92 Å². The fourth-order valence-corrected chi connectivity index (χ4v) is 3.05. The van der Waals surface area contributed by atoms with Crippen molar-refractivity contribution in [3.63, 3.8) is 0 Å². The number of nitrogens with one attached hydrogen (secondary N) is 1. The second-order valence-corrected chi connectivity index (χ2v) is 5.40. The summed E-state index contributed by atoms with van der Waals surface area (Å²) in [7, 11) is 0. The van der Waals surface area contributed by atoms with Crippen molar-refractivity contribution in [3.8, 4) is 0 Å². The van der Waals surface area contributed by atoms with Gasteiger partial charge in [-0.15, -0.1) is 0 Å². The van der Waals surface area contributed by atoms with Crippen LogP contribution in [0.25, 0.3) is 5.78 Å². The lowest BCUT2D eigenvalue weighted by molar-refractivity contribution is 0.0914. The van der Waals surface area contributed by atoms with E-state index in [1.54, 1.807) is 10.7 Å². The molecule has 0 saturated heterocycles.